The van der Waals surface area contributed by atoms with Crippen molar-refractivity contribution in [3.8, 4) is 0 Å². The molecule has 15 heavy (non-hydrogen) atoms. The normalized spacial score (nSPS) is 30.4. The van der Waals surface area contributed by atoms with Crippen molar-refractivity contribution in [2.75, 3.05) is 6.54 Å². The summed E-state index contributed by atoms with van der Waals surface area (Å²) in [5.41, 5.74) is 6.96. The Bertz CT molecular complexity index is 339. The van der Waals surface area contributed by atoms with Crippen molar-refractivity contribution in [3.05, 3.63) is 42.0 Å². The molecule has 2 rings (SSSR count). The Morgan fingerprint density at radius 2 is 2.00 bits per heavy atom. The summed E-state index contributed by atoms with van der Waals surface area (Å²) in [5, 5.41) is 9.32. The molecule has 80 valence electrons. The molecular weight excluding hydrogens is 186 g/mol. The van der Waals surface area contributed by atoms with Gasteiger partial charge in [-0.3, -0.25) is 0 Å². The van der Waals surface area contributed by atoms with Gasteiger partial charge in [0.05, 0.1) is 6.10 Å². The summed E-state index contributed by atoms with van der Waals surface area (Å²) >= 11 is 0. The number of aliphatic hydroxyl groups excluding tert-OH is 1. The van der Waals surface area contributed by atoms with Gasteiger partial charge >= 0.3 is 0 Å². The van der Waals surface area contributed by atoms with Gasteiger partial charge in [0, 0.05) is 12.0 Å². The second kappa shape index (κ2) is 4.17. The zero-order valence-corrected chi connectivity index (χ0v) is 8.76. The van der Waals surface area contributed by atoms with Gasteiger partial charge in [0.1, 0.15) is 0 Å². The Morgan fingerprint density at radius 3 is 2.53 bits per heavy atom. The van der Waals surface area contributed by atoms with Crippen LogP contribution in [0.4, 0.5) is 0 Å². The van der Waals surface area contributed by atoms with Crippen LogP contribution in [-0.2, 0) is 0 Å². The first kappa shape index (κ1) is 10.4. The van der Waals surface area contributed by atoms with E-state index in [9.17, 15) is 5.11 Å². The fourth-order valence-corrected chi connectivity index (χ4v) is 2.09. The Labute approximate surface area is 90.4 Å². The second-order valence-electron chi connectivity index (χ2n) is 4.37. The first-order chi connectivity index (χ1) is 7.24. The van der Waals surface area contributed by atoms with E-state index in [-0.39, 0.29) is 11.5 Å². The van der Waals surface area contributed by atoms with Gasteiger partial charge < -0.3 is 10.8 Å². The lowest BCUT2D eigenvalue weighted by molar-refractivity contribution is 0.00426. The molecule has 3 N–H and O–H groups in total. The number of nitrogens with two attached hydrogens (primary N) is 1. The lowest BCUT2D eigenvalue weighted by Crippen LogP contribution is -2.44. The highest BCUT2D eigenvalue weighted by molar-refractivity contribution is 5.50. The molecule has 1 fully saturated rings. The molecule has 0 atom stereocenters. The Balaban J connectivity index is 2.05. The molecule has 1 aromatic carbocycles. The van der Waals surface area contributed by atoms with Crippen molar-refractivity contribution in [2.45, 2.75) is 18.9 Å². The Hall–Kier alpha value is -1.12. The summed E-state index contributed by atoms with van der Waals surface area (Å²) in [5.74, 6) is 0. The Kier molecular flexibility index (Phi) is 2.89. The van der Waals surface area contributed by atoms with E-state index in [0.29, 0.717) is 6.54 Å². The highest BCUT2D eigenvalue weighted by Gasteiger charge is 2.39. The van der Waals surface area contributed by atoms with E-state index in [4.69, 9.17) is 5.73 Å². The fraction of sp³-hybridized carbons (Fsp3) is 0.385. The predicted octanol–water partition coefficient (Wildman–Crippen LogP) is 1.80. The number of aliphatic hydroxyl groups is 1. The van der Waals surface area contributed by atoms with E-state index in [2.05, 4.69) is 24.3 Å². The summed E-state index contributed by atoms with van der Waals surface area (Å²) < 4.78 is 0. The smallest absolute Gasteiger partial charge is 0.0557 e. The molecule has 0 radical (unpaired) electrons. The average molecular weight is 203 g/mol. The van der Waals surface area contributed by atoms with Gasteiger partial charge in [-0.2, -0.15) is 0 Å². The van der Waals surface area contributed by atoms with E-state index in [1.165, 1.54) is 5.56 Å². The van der Waals surface area contributed by atoms with Crippen LogP contribution in [0, 0.1) is 5.41 Å². The van der Waals surface area contributed by atoms with Crippen LogP contribution in [0.25, 0.3) is 6.08 Å². The number of hydrogen-bond acceptors (Lipinski definition) is 2. The molecule has 0 spiro atoms. The third-order valence-electron chi connectivity index (χ3n) is 3.12. The molecule has 0 aromatic heterocycles. The highest BCUT2D eigenvalue weighted by Crippen LogP contribution is 2.41. The maximum atomic E-state index is 9.32. The van der Waals surface area contributed by atoms with Crippen molar-refractivity contribution in [3.63, 3.8) is 0 Å². The monoisotopic (exact) mass is 203 g/mol. The van der Waals surface area contributed by atoms with Crippen molar-refractivity contribution in [1.82, 2.24) is 0 Å². The van der Waals surface area contributed by atoms with Crippen LogP contribution < -0.4 is 5.73 Å². The van der Waals surface area contributed by atoms with Gasteiger partial charge in [0.15, 0.2) is 0 Å². The van der Waals surface area contributed by atoms with Crippen LogP contribution in [-0.4, -0.2) is 17.8 Å². The van der Waals surface area contributed by atoms with Gasteiger partial charge in [0.25, 0.3) is 0 Å². The van der Waals surface area contributed by atoms with Crippen LogP contribution in [0.2, 0.25) is 0 Å². The molecule has 1 aliphatic carbocycles. The van der Waals surface area contributed by atoms with Crippen molar-refractivity contribution < 1.29 is 5.11 Å². The molecule has 0 unspecified atom stereocenters. The third kappa shape index (κ3) is 2.28. The molecule has 0 heterocycles. The van der Waals surface area contributed by atoms with E-state index >= 15 is 0 Å². The first-order valence-electron chi connectivity index (χ1n) is 5.36. The van der Waals surface area contributed by atoms with Crippen LogP contribution in [0.15, 0.2) is 36.4 Å². The Morgan fingerprint density at radius 1 is 1.33 bits per heavy atom. The van der Waals surface area contributed by atoms with E-state index in [1.54, 1.807) is 0 Å². The summed E-state index contributed by atoms with van der Waals surface area (Å²) in [4.78, 5) is 0. The molecular formula is C13H17NO. The van der Waals surface area contributed by atoms with E-state index < -0.39 is 0 Å². The van der Waals surface area contributed by atoms with Gasteiger partial charge in [0.2, 0.25) is 0 Å². The predicted molar refractivity (Wildman–Crippen MR) is 62.2 cm³/mol. The highest BCUT2D eigenvalue weighted by atomic mass is 16.3. The van der Waals surface area contributed by atoms with Crippen molar-refractivity contribution in [1.29, 1.82) is 0 Å². The fourth-order valence-electron chi connectivity index (χ4n) is 2.09. The number of hydrogen-bond donors (Lipinski definition) is 2. The zero-order chi connectivity index (χ0) is 10.7. The van der Waals surface area contributed by atoms with Gasteiger partial charge in [-0.05, 0) is 18.4 Å². The van der Waals surface area contributed by atoms with Gasteiger partial charge in [-0.1, -0.05) is 42.5 Å². The third-order valence-corrected chi connectivity index (χ3v) is 3.12. The largest absolute Gasteiger partial charge is 0.393 e. The lowest BCUT2D eigenvalue weighted by Gasteiger charge is -2.42. The molecule has 1 aromatic rings. The molecule has 0 aliphatic heterocycles. The molecule has 0 amide bonds. The molecule has 2 nitrogen and oxygen atoms in total. The minimum atomic E-state index is -0.158. The van der Waals surface area contributed by atoms with Crippen molar-refractivity contribution >= 4 is 6.08 Å². The maximum Gasteiger partial charge on any atom is 0.0557 e. The van der Waals surface area contributed by atoms with Crippen LogP contribution in [0.5, 0.6) is 0 Å². The van der Waals surface area contributed by atoms with Gasteiger partial charge in [-0.15, -0.1) is 0 Å². The SMILES string of the molecule is NCC1(/C=C/c2ccccc2)CC(O)C1. The van der Waals surface area contributed by atoms with Gasteiger partial charge in [-0.25, -0.2) is 0 Å². The van der Waals surface area contributed by atoms with E-state index in [0.717, 1.165) is 12.8 Å². The number of benzene rings is 1. The van der Waals surface area contributed by atoms with Crippen LogP contribution in [0.1, 0.15) is 18.4 Å². The quantitative estimate of drug-likeness (QED) is 0.787. The summed E-state index contributed by atoms with van der Waals surface area (Å²) in [6, 6.07) is 10.2. The van der Waals surface area contributed by atoms with Crippen LogP contribution >= 0.6 is 0 Å². The molecule has 0 bridgehead atoms. The van der Waals surface area contributed by atoms with Crippen LogP contribution in [0.3, 0.4) is 0 Å². The number of rotatable bonds is 3. The average Bonchev–Trinajstić information content (AvgIpc) is 2.24. The summed E-state index contributed by atoms with van der Waals surface area (Å²) in [6.07, 6.45) is 5.68. The molecule has 1 saturated carbocycles. The minimum Gasteiger partial charge on any atom is -0.393 e. The molecule has 2 heteroatoms. The summed E-state index contributed by atoms with van der Waals surface area (Å²) in [6.45, 7) is 0.618. The standard InChI is InChI=1S/C13H17NO/c14-10-13(8-12(15)9-13)7-6-11-4-2-1-3-5-11/h1-7,12,15H,8-10,14H2/b7-6+. The lowest BCUT2D eigenvalue weighted by atomic mass is 9.66. The van der Waals surface area contributed by atoms with Crippen molar-refractivity contribution in [2.24, 2.45) is 11.1 Å². The molecule has 1 aliphatic rings. The topological polar surface area (TPSA) is 46.2 Å². The molecule has 0 saturated heterocycles. The first-order valence-corrected chi connectivity index (χ1v) is 5.36. The minimum absolute atomic E-state index is 0.0370. The second-order valence-corrected chi connectivity index (χ2v) is 4.37. The summed E-state index contributed by atoms with van der Waals surface area (Å²) in [7, 11) is 0. The maximum absolute atomic E-state index is 9.32. The van der Waals surface area contributed by atoms with E-state index in [1.807, 2.05) is 18.2 Å². The zero-order valence-electron chi connectivity index (χ0n) is 8.76.